The number of carbonyl (C=O) groups is 1. The number of H-pyrrole nitrogens is 1. The molecule has 0 aliphatic heterocycles. The molecular formula is C20H27N3O5. The highest BCUT2D eigenvalue weighted by molar-refractivity contribution is 6.00. The number of nitrogens with one attached hydrogen (secondary N) is 1. The predicted octanol–water partition coefficient (Wildman–Crippen LogP) is 2.13. The van der Waals surface area contributed by atoms with Gasteiger partial charge >= 0.3 is 5.97 Å². The molecule has 0 saturated carbocycles. The number of esters is 1. The number of aliphatic imine (C=N–C) groups is 1. The van der Waals surface area contributed by atoms with E-state index in [0.29, 0.717) is 48.2 Å². The van der Waals surface area contributed by atoms with Crippen molar-refractivity contribution in [1.82, 2.24) is 9.78 Å². The molecule has 28 heavy (non-hydrogen) atoms. The SMILES string of the molecule is CCOCCCN=C(C)c1c(CC(=O)OC)[nH]n(-c2ccc(OC)cc2)c1=O. The van der Waals surface area contributed by atoms with Crippen LogP contribution in [0.3, 0.4) is 0 Å². The van der Waals surface area contributed by atoms with Crippen molar-refractivity contribution in [3.05, 3.63) is 45.9 Å². The van der Waals surface area contributed by atoms with E-state index in [0.717, 1.165) is 6.42 Å². The standard InChI is InChI=1S/C20H27N3O5/c1-5-28-12-6-11-21-14(2)19-17(13-18(24)27-4)22-23(20(19)25)15-7-9-16(26-3)10-8-15/h7-10,22H,5-6,11-13H2,1-4H3. The molecule has 0 unspecified atom stereocenters. The second-order valence-corrected chi connectivity index (χ2v) is 6.07. The Morgan fingerprint density at radius 2 is 1.93 bits per heavy atom. The zero-order valence-electron chi connectivity index (χ0n) is 16.8. The zero-order valence-corrected chi connectivity index (χ0v) is 16.8. The van der Waals surface area contributed by atoms with E-state index in [1.165, 1.54) is 11.8 Å². The molecule has 0 bridgehead atoms. The quantitative estimate of drug-likeness (QED) is 0.382. The molecule has 0 spiro atoms. The molecule has 8 nitrogen and oxygen atoms in total. The van der Waals surface area contributed by atoms with Crippen molar-refractivity contribution >= 4 is 11.7 Å². The summed E-state index contributed by atoms with van der Waals surface area (Å²) in [5.74, 6) is 0.249. The van der Waals surface area contributed by atoms with Crippen LogP contribution in [0.2, 0.25) is 0 Å². The Kier molecular flexibility index (Phi) is 8.01. The Morgan fingerprint density at radius 1 is 1.21 bits per heavy atom. The normalized spacial score (nSPS) is 11.5. The highest BCUT2D eigenvalue weighted by Gasteiger charge is 2.20. The first-order chi connectivity index (χ1) is 13.5. The minimum absolute atomic E-state index is 0.0456. The Morgan fingerprint density at radius 3 is 2.54 bits per heavy atom. The molecule has 0 aliphatic carbocycles. The molecule has 152 valence electrons. The maximum atomic E-state index is 13.0. The van der Waals surface area contributed by atoms with Gasteiger partial charge in [-0.15, -0.1) is 0 Å². The number of rotatable bonds is 10. The van der Waals surface area contributed by atoms with Gasteiger partial charge < -0.3 is 14.2 Å². The minimum atomic E-state index is -0.437. The number of ether oxygens (including phenoxy) is 3. The molecule has 0 radical (unpaired) electrons. The first-order valence-corrected chi connectivity index (χ1v) is 9.16. The smallest absolute Gasteiger partial charge is 0.311 e. The number of nitrogens with zero attached hydrogens (tertiary/aromatic N) is 2. The number of aromatic amines is 1. The van der Waals surface area contributed by atoms with E-state index < -0.39 is 5.97 Å². The van der Waals surface area contributed by atoms with Crippen LogP contribution in [0.1, 0.15) is 31.5 Å². The second-order valence-electron chi connectivity index (χ2n) is 6.07. The second kappa shape index (κ2) is 10.5. The van der Waals surface area contributed by atoms with E-state index in [4.69, 9.17) is 14.2 Å². The lowest BCUT2D eigenvalue weighted by molar-refractivity contribution is -0.139. The number of methoxy groups -OCH3 is 2. The van der Waals surface area contributed by atoms with Gasteiger partial charge in [-0.05, 0) is 44.5 Å². The Labute approximate surface area is 164 Å². The molecule has 1 aromatic heterocycles. The fourth-order valence-corrected chi connectivity index (χ4v) is 2.75. The van der Waals surface area contributed by atoms with Gasteiger partial charge in [0.25, 0.3) is 5.56 Å². The molecule has 0 aliphatic rings. The van der Waals surface area contributed by atoms with E-state index in [-0.39, 0.29) is 12.0 Å². The highest BCUT2D eigenvalue weighted by Crippen LogP contribution is 2.15. The van der Waals surface area contributed by atoms with Gasteiger partial charge in [-0.2, -0.15) is 0 Å². The van der Waals surface area contributed by atoms with E-state index in [9.17, 15) is 9.59 Å². The maximum absolute atomic E-state index is 13.0. The van der Waals surface area contributed by atoms with Crippen molar-refractivity contribution in [2.45, 2.75) is 26.7 Å². The predicted molar refractivity (Wildman–Crippen MR) is 107 cm³/mol. The summed E-state index contributed by atoms with van der Waals surface area (Å²) in [5.41, 5.74) is 1.79. The lowest BCUT2D eigenvalue weighted by atomic mass is 10.1. The van der Waals surface area contributed by atoms with Gasteiger partial charge in [0, 0.05) is 25.5 Å². The molecule has 0 fully saturated rings. The van der Waals surface area contributed by atoms with Gasteiger partial charge in [0.1, 0.15) is 5.75 Å². The summed E-state index contributed by atoms with van der Waals surface area (Å²) >= 11 is 0. The Hall–Kier alpha value is -2.87. The Balaban J connectivity index is 2.38. The van der Waals surface area contributed by atoms with Crippen LogP contribution in [-0.2, 0) is 20.7 Å². The summed E-state index contributed by atoms with van der Waals surface area (Å²) in [6, 6.07) is 7.04. The van der Waals surface area contributed by atoms with Gasteiger partial charge in [-0.3, -0.25) is 19.7 Å². The summed E-state index contributed by atoms with van der Waals surface area (Å²) in [4.78, 5) is 29.3. The molecule has 1 aromatic carbocycles. The first kappa shape index (κ1) is 21.4. The molecule has 0 saturated heterocycles. The lowest BCUT2D eigenvalue weighted by Gasteiger charge is -2.03. The topological polar surface area (TPSA) is 94.9 Å². The molecule has 1 heterocycles. The highest BCUT2D eigenvalue weighted by atomic mass is 16.5. The average molecular weight is 389 g/mol. The van der Waals surface area contributed by atoms with Gasteiger partial charge in [0.2, 0.25) is 0 Å². The van der Waals surface area contributed by atoms with Crippen molar-refractivity contribution in [1.29, 1.82) is 0 Å². The molecule has 2 rings (SSSR count). The zero-order chi connectivity index (χ0) is 20.5. The summed E-state index contributed by atoms with van der Waals surface area (Å²) in [5, 5.41) is 3.02. The minimum Gasteiger partial charge on any atom is -0.497 e. The van der Waals surface area contributed by atoms with Crippen molar-refractivity contribution in [3.63, 3.8) is 0 Å². The van der Waals surface area contributed by atoms with E-state index in [1.54, 1.807) is 38.3 Å². The molecule has 8 heteroatoms. The average Bonchev–Trinajstić information content (AvgIpc) is 3.03. The fraction of sp³-hybridized carbons (Fsp3) is 0.450. The number of benzene rings is 1. The molecule has 0 amide bonds. The fourth-order valence-electron chi connectivity index (χ4n) is 2.75. The summed E-state index contributed by atoms with van der Waals surface area (Å²) in [7, 11) is 2.89. The Bertz CT molecular complexity index is 865. The van der Waals surface area contributed by atoms with Crippen molar-refractivity contribution in [2.75, 3.05) is 34.0 Å². The van der Waals surface area contributed by atoms with Gasteiger partial charge in [-0.1, -0.05) is 0 Å². The maximum Gasteiger partial charge on any atom is 0.311 e. The van der Waals surface area contributed by atoms with Crippen molar-refractivity contribution in [3.8, 4) is 11.4 Å². The van der Waals surface area contributed by atoms with Crippen molar-refractivity contribution < 1.29 is 19.0 Å². The molecule has 0 atom stereocenters. The van der Waals surface area contributed by atoms with Gasteiger partial charge in [-0.25, -0.2) is 4.68 Å². The van der Waals surface area contributed by atoms with Crippen LogP contribution >= 0.6 is 0 Å². The molecule has 1 N–H and O–H groups in total. The molecular weight excluding hydrogens is 362 g/mol. The number of hydrogen-bond donors (Lipinski definition) is 1. The van der Waals surface area contributed by atoms with Crippen LogP contribution < -0.4 is 10.3 Å². The number of hydrogen-bond acceptors (Lipinski definition) is 6. The van der Waals surface area contributed by atoms with E-state index >= 15 is 0 Å². The summed E-state index contributed by atoms with van der Waals surface area (Å²) < 4.78 is 16.6. The van der Waals surface area contributed by atoms with Crippen LogP contribution in [0.15, 0.2) is 34.1 Å². The van der Waals surface area contributed by atoms with Crippen LogP contribution in [-0.4, -0.2) is 55.4 Å². The van der Waals surface area contributed by atoms with Crippen LogP contribution in [0.25, 0.3) is 5.69 Å². The van der Waals surface area contributed by atoms with E-state index in [2.05, 4.69) is 10.1 Å². The number of aromatic nitrogens is 2. The largest absolute Gasteiger partial charge is 0.497 e. The third kappa shape index (κ3) is 5.32. The lowest BCUT2D eigenvalue weighted by Crippen LogP contribution is -2.20. The number of carbonyl (C=O) groups excluding carboxylic acids is 1. The molecule has 2 aromatic rings. The third-order valence-electron chi connectivity index (χ3n) is 4.21. The van der Waals surface area contributed by atoms with Crippen molar-refractivity contribution in [2.24, 2.45) is 4.99 Å². The van der Waals surface area contributed by atoms with Crippen LogP contribution in [0, 0.1) is 0 Å². The summed E-state index contributed by atoms with van der Waals surface area (Å²) in [6.07, 6.45) is 0.713. The summed E-state index contributed by atoms with van der Waals surface area (Å²) in [6.45, 7) is 5.53. The van der Waals surface area contributed by atoms with Gasteiger partial charge in [0.05, 0.1) is 37.6 Å². The van der Waals surface area contributed by atoms with Gasteiger partial charge in [0.15, 0.2) is 0 Å². The van der Waals surface area contributed by atoms with E-state index in [1.807, 2.05) is 6.92 Å². The third-order valence-corrected chi connectivity index (χ3v) is 4.21. The van der Waals surface area contributed by atoms with Crippen LogP contribution in [0.5, 0.6) is 5.75 Å². The monoisotopic (exact) mass is 389 g/mol. The first-order valence-electron chi connectivity index (χ1n) is 9.16. The van der Waals surface area contributed by atoms with Crippen LogP contribution in [0.4, 0.5) is 0 Å².